The molecule has 186 valence electrons. The molecule has 0 bridgehead atoms. The van der Waals surface area contributed by atoms with Crippen molar-refractivity contribution in [2.75, 3.05) is 17.2 Å². The van der Waals surface area contributed by atoms with Crippen LogP contribution in [0.1, 0.15) is 44.9 Å². The van der Waals surface area contributed by atoms with Crippen LogP contribution in [0.5, 0.6) is 0 Å². The van der Waals surface area contributed by atoms with Crippen LogP contribution in [0.25, 0.3) is 0 Å². The monoisotopic (exact) mass is 519 g/mol. The first-order valence-corrected chi connectivity index (χ1v) is 9.78. The fraction of sp³-hybridized carbons (Fsp3) is 0.125. The third-order valence-electron chi connectivity index (χ3n) is 3.47. The molecule has 10 N–H and O–H groups in total. The number of anilines is 3. The molecule has 0 aromatic heterocycles. The normalized spacial score (nSPS) is 8.91. The van der Waals surface area contributed by atoms with Crippen LogP contribution in [-0.4, -0.2) is 44.4 Å². The second-order valence-electron chi connectivity index (χ2n) is 6.88. The maximum Gasteiger partial charge on any atom is 0.335 e. The van der Waals surface area contributed by atoms with Crippen molar-refractivity contribution in [1.82, 2.24) is 0 Å². The number of carboxylic acid groups (broad SMARTS) is 3. The molecule has 0 saturated carbocycles. The van der Waals surface area contributed by atoms with Crippen molar-refractivity contribution in [3.63, 3.8) is 0 Å². The zero-order valence-corrected chi connectivity index (χ0v) is 20.8. The number of aromatic carboxylic acids is 3. The van der Waals surface area contributed by atoms with E-state index in [1.54, 1.807) is 50.2 Å². The molecule has 0 aliphatic carbocycles. The average molecular weight is 519 g/mol. The van der Waals surface area contributed by atoms with E-state index in [-0.39, 0.29) is 44.5 Å². The number of hydrogen-bond acceptors (Lipinski definition) is 7. The Hall–Kier alpha value is -3.86. The van der Waals surface area contributed by atoms with Crippen LogP contribution >= 0.6 is 0 Å². The summed E-state index contributed by atoms with van der Waals surface area (Å²) in [5.41, 5.74) is 18.5. The molecule has 0 amide bonds. The predicted octanol–water partition coefficient (Wildman–Crippen LogP) is 3.29. The minimum absolute atomic E-state index is 0. The maximum atomic E-state index is 10.3. The number of carboxylic acids is 3. The van der Waals surface area contributed by atoms with Gasteiger partial charge in [0.1, 0.15) is 0 Å². The number of nitrogens with two attached hydrogens (primary N) is 3. The van der Waals surface area contributed by atoms with Gasteiger partial charge in [-0.1, -0.05) is 0 Å². The van der Waals surface area contributed by atoms with Crippen LogP contribution in [0, 0.1) is 0 Å². The van der Waals surface area contributed by atoms with E-state index in [1.165, 1.54) is 36.4 Å². The quantitative estimate of drug-likeness (QED) is 0.198. The van der Waals surface area contributed by atoms with Crippen LogP contribution in [0.3, 0.4) is 0 Å². The van der Waals surface area contributed by atoms with Crippen LogP contribution in [0.4, 0.5) is 17.1 Å². The van der Waals surface area contributed by atoms with Gasteiger partial charge < -0.3 is 37.6 Å². The van der Waals surface area contributed by atoms with Gasteiger partial charge in [-0.05, 0) is 86.6 Å². The van der Waals surface area contributed by atoms with Gasteiger partial charge in [0, 0.05) is 44.9 Å². The molecule has 0 fully saturated rings. The van der Waals surface area contributed by atoms with E-state index in [1.807, 2.05) is 0 Å². The topological polar surface area (TPSA) is 210 Å². The zero-order valence-electron chi connectivity index (χ0n) is 19.3. The number of hydrogen-bond donors (Lipinski definition) is 7. The van der Waals surface area contributed by atoms with Gasteiger partial charge >= 0.3 is 17.9 Å². The number of aliphatic hydroxyl groups is 1. The zero-order chi connectivity index (χ0) is 26.3. The van der Waals surface area contributed by atoms with Crippen molar-refractivity contribution >= 4 is 35.0 Å². The molecule has 0 heterocycles. The molecule has 3 rings (SSSR count). The smallest absolute Gasteiger partial charge is 0.335 e. The summed E-state index contributed by atoms with van der Waals surface area (Å²) in [7, 11) is 0. The second-order valence-corrected chi connectivity index (χ2v) is 6.88. The molecule has 0 aliphatic rings. The Morgan fingerprint density at radius 2 is 0.686 bits per heavy atom. The van der Waals surface area contributed by atoms with Crippen molar-refractivity contribution in [2.45, 2.75) is 20.0 Å². The summed E-state index contributed by atoms with van der Waals surface area (Å²) in [6.45, 7) is 3.44. The van der Waals surface area contributed by atoms with Crippen LogP contribution in [0.2, 0.25) is 0 Å². The summed E-state index contributed by atoms with van der Waals surface area (Å²) < 4.78 is 0. The van der Waals surface area contributed by atoms with Crippen molar-refractivity contribution in [1.29, 1.82) is 0 Å². The first kappa shape index (κ1) is 33.3. The van der Waals surface area contributed by atoms with Gasteiger partial charge in [0.15, 0.2) is 0 Å². The molecule has 3 aromatic rings. The Kier molecular flexibility index (Phi) is 16.8. The van der Waals surface area contributed by atoms with Gasteiger partial charge in [0.2, 0.25) is 0 Å². The van der Waals surface area contributed by atoms with Gasteiger partial charge in [0.25, 0.3) is 0 Å². The Labute approximate surface area is 217 Å². The fourth-order valence-electron chi connectivity index (χ4n) is 1.88. The number of nitrogen functional groups attached to an aromatic ring is 3. The molecule has 0 saturated heterocycles. The number of aliphatic hydroxyl groups excluding tert-OH is 1. The number of carbonyl (C=O) groups is 3. The van der Waals surface area contributed by atoms with E-state index in [4.69, 9.17) is 37.6 Å². The van der Waals surface area contributed by atoms with Gasteiger partial charge in [-0.3, -0.25) is 0 Å². The van der Waals surface area contributed by atoms with Crippen molar-refractivity contribution in [2.24, 2.45) is 0 Å². The van der Waals surface area contributed by atoms with Crippen LogP contribution in [-0.2, 0) is 21.7 Å². The maximum absolute atomic E-state index is 10.3. The molecule has 3 aromatic carbocycles. The van der Waals surface area contributed by atoms with Gasteiger partial charge in [-0.15, -0.1) is 0 Å². The second kappa shape index (κ2) is 17.6. The average Bonchev–Trinajstić information content (AvgIpc) is 2.75. The Morgan fingerprint density at radius 1 is 0.543 bits per heavy atom. The Bertz CT molecular complexity index is 906. The molecule has 0 radical (unpaired) electrons. The van der Waals surface area contributed by atoms with E-state index in [0.717, 1.165) is 0 Å². The SMILES string of the molecule is CC(C)O.Nc1ccc(C(=O)O)cc1.Nc1ccc(C(=O)O)cc1.Nc1ccc(C(=O)O)cc1.[Ti]. The summed E-state index contributed by atoms with van der Waals surface area (Å²) in [5, 5.41) is 33.4. The van der Waals surface area contributed by atoms with E-state index in [0.29, 0.717) is 17.1 Å². The van der Waals surface area contributed by atoms with Gasteiger partial charge in [-0.2, -0.15) is 0 Å². The minimum Gasteiger partial charge on any atom is -0.478 e. The van der Waals surface area contributed by atoms with Crippen molar-refractivity contribution in [3.8, 4) is 0 Å². The molecule has 0 atom stereocenters. The molecule has 11 heteroatoms. The standard InChI is InChI=1S/3C7H7NO2.C3H8O.Ti/c3*8-6-3-1-5(2-4-6)7(9)10;1-3(2)4;/h3*1-4H,8H2,(H,9,10);3-4H,1-2H3;. The molecule has 10 nitrogen and oxygen atoms in total. The van der Waals surface area contributed by atoms with Crippen molar-refractivity contribution in [3.05, 3.63) is 89.5 Å². The Morgan fingerprint density at radius 3 is 0.800 bits per heavy atom. The van der Waals surface area contributed by atoms with E-state index >= 15 is 0 Å². The predicted molar refractivity (Wildman–Crippen MR) is 131 cm³/mol. The molecule has 0 unspecified atom stereocenters. The van der Waals surface area contributed by atoms with Crippen molar-refractivity contribution < 1.29 is 56.5 Å². The summed E-state index contributed by atoms with van der Waals surface area (Å²) >= 11 is 0. The summed E-state index contributed by atoms with van der Waals surface area (Å²) in [6.07, 6.45) is -0.167. The molecular weight excluding hydrogens is 490 g/mol. The minimum atomic E-state index is -0.931. The summed E-state index contributed by atoms with van der Waals surface area (Å²) in [4.78, 5) is 30.8. The largest absolute Gasteiger partial charge is 0.478 e. The molecule has 0 spiro atoms. The fourth-order valence-corrected chi connectivity index (χ4v) is 1.88. The molecular formula is C24H29N3O7Ti. The summed E-state index contributed by atoms with van der Waals surface area (Å²) in [6, 6.07) is 18.2. The van der Waals surface area contributed by atoms with E-state index in [9.17, 15) is 14.4 Å². The van der Waals surface area contributed by atoms with Gasteiger partial charge in [-0.25, -0.2) is 14.4 Å². The van der Waals surface area contributed by atoms with Crippen LogP contribution < -0.4 is 17.2 Å². The van der Waals surface area contributed by atoms with Gasteiger partial charge in [0.05, 0.1) is 16.7 Å². The summed E-state index contributed by atoms with van der Waals surface area (Å²) in [5.74, 6) is -2.79. The third kappa shape index (κ3) is 16.4. The first-order valence-electron chi connectivity index (χ1n) is 9.78. The number of benzene rings is 3. The first-order chi connectivity index (χ1) is 15.8. The third-order valence-corrected chi connectivity index (χ3v) is 3.47. The van der Waals surface area contributed by atoms with Crippen LogP contribution in [0.15, 0.2) is 72.8 Å². The number of rotatable bonds is 3. The van der Waals surface area contributed by atoms with E-state index in [2.05, 4.69) is 0 Å². The molecule has 0 aliphatic heterocycles. The molecule has 35 heavy (non-hydrogen) atoms. The Balaban J connectivity index is 0. The van der Waals surface area contributed by atoms with E-state index < -0.39 is 17.9 Å².